The fraction of sp³-hybridized carbons (Fsp3) is 0.480. The minimum absolute atomic E-state index is 0.124. The Labute approximate surface area is 191 Å². The maximum absolute atomic E-state index is 14.7. The van der Waals surface area contributed by atoms with Crippen molar-refractivity contribution in [2.45, 2.75) is 39.5 Å². The van der Waals surface area contributed by atoms with Crippen LogP contribution in [0.25, 0.3) is 11.1 Å². The molecule has 2 heterocycles. The molecule has 0 spiro atoms. The number of amides is 1. The monoisotopic (exact) mass is 458 g/mol. The van der Waals surface area contributed by atoms with Crippen molar-refractivity contribution in [1.29, 1.82) is 0 Å². The number of hydrogen-bond donors (Lipinski definition) is 0. The summed E-state index contributed by atoms with van der Waals surface area (Å²) in [5.41, 5.74) is 1.21. The molecule has 6 nitrogen and oxygen atoms in total. The highest BCUT2D eigenvalue weighted by Crippen LogP contribution is 2.47. The summed E-state index contributed by atoms with van der Waals surface area (Å²) < 4.78 is 39.7. The predicted molar refractivity (Wildman–Crippen MR) is 118 cm³/mol. The topological polar surface area (TPSA) is 68.7 Å². The summed E-state index contributed by atoms with van der Waals surface area (Å²) in [6, 6.07) is 5.45. The van der Waals surface area contributed by atoms with Crippen LogP contribution in [0, 0.1) is 29.9 Å². The van der Waals surface area contributed by atoms with Crippen LogP contribution in [0.1, 0.15) is 48.8 Å². The Morgan fingerprint density at radius 2 is 1.79 bits per heavy atom. The molecule has 1 amide bonds. The molecule has 176 valence electrons. The highest BCUT2D eigenvalue weighted by molar-refractivity contribution is 5.88. The van der Waals surface area contributed by atoms with E-state index in [1.165, 1.54) is 25.3 Å². The molecule has 4 rings (SSSR count). The number of carbonyl (C=O) groups excluding carboxylic acids is 2. The largest absolute Gasteiger partial charge is 0.487 e. The van der Waals surface area contributed by atoms with E-state index in [2.05, 4.69) is 9.72 Å². The average molecular weight is 459 g/mol. The number of aromatic nitrogens is 1. The van der Waals surface area contributed by atoms with Gasteiger partial charge < -0.3 is 14.4 Å². The summed E-state index contributed by atoms with van der Waals surface area (Å²) in [5, 5.41) is 0. The van der Waals surface area contributed by atoms with Crippen molar-refractivity contribution in [3.8, 4) is 16.9 Å². The minimum atomic E-state index is -0.796. The van der Waals surface area contributed by atoms with E-state index < -0.39 is 23.4 Å². The van der Waals surface area contributed by atoms with Gasteiger partial charge in [0.2, 0.25) is 5.91 Å². The lowest BCUT2D eigenvalue weighted by atomic mass is 9.96. The van der Waals surface area contributed by atoms with E-state index in [4.69, 9.17) is 4.74 Å². The van der Waals surface area contributed by atoms with Gasteiger partial charge in [0.25, 0.3) is 0 Å². The lowest BCUT2D eigenvalue weighted by Crippen LogP contribution is -2.42. The van der Waals surface area contributed by atoms with Crippen LogP contribution >= 0.6 is 0 Å². The smallest absolute Gasteiger partial charge is 0.356 e. The third-order valence-corrected chi connectivity index (χ3v) is 6.67. The first kappa shape index (κ1) is 23.1. The van der Waals surface area contributed by atoms with Crippen molar-refractivity contribution >= 4 is 11.9 Å². The Morgan fingerprint density at radius 3 is 2.33 bits per heavy atom. The zero-order chi connectivity index (χ0) is 23.8. The number of aryl methyl sites for hydroxylation is 1. The van der Waals surface area contributed by atoms with E-state index in [0.29, 0.717) is 29.9 Å². The lowest BCUT2D eigenvalue weighted by Gasteiger charge is -2.33. The van der Waals surface area contributed by atoms with Crippen LogP contribution < -0.4 is 4.74 Å². The number of hydrogen-bond acceptors (Lipinski definition) is 5. The van der Waals surface area contributed by atoms with E-state index in [1.807, 2.05) is 11.8 Å². The van der Waals surface area contributed by atoms with Crippen molar-refractivity contribution in [2.75, 3.05) is 26.8 Å². The van der Waals surface area contributed by atoms with E-state index in [-0.39, 0.29) is 29.5 Å². The molecule has 0 bridgehead atoms. The molecular weight excluding hydrogens is 430 g/mol. The van der Waals surface area contributed by atoms with Gasteiger partial charge in [-0.05, 0) is 62.3 Å². The van der Waals surface area contributed by atoms with Crippen LogP contribution in [0.4, 0.5) is 8.78 Å². The number of nitrogens with zero attached hydrogens (tertiary/aromatic N) is 2. The molecule has 0 radical (unpaired) electrons. The molecular formula is C25H28F2N2O4. The maximum Gasteiger partial charge on any atom is 0.356 e. The number of likely N-dealkylation sites (tertiary alicyclic amines) is 1. The third-order valence-electron chi connectivity index (χ3n) is 6.67. The van der Waals surface area contributed by atoms with E-state index in [1.54, 1.807) is 13.0 Å². The van der Waals surface area contributed by atoms with Crippen LogP contribution in [0.2, 0.25) is 0 Å². The summed E-state index contributed by atoms with van der Waals surface area (Å²) in [6.45, 7) is 5.16. The first-order valence-electron chi connectivity index (χ1n) is 11.2. The summed E-state index contributed by atoms with van der Waals surface area (Å²) in [4.78, 5) is 30.2. The Bertz CT molecular complexity index is 1050. The SMILES string of the molecule is COC(=O)c1ccc(-c2cc(F)c(OCC3CCN(C(=O)C4(C)CC4)CC3)c(F)c2)c(C)n1. The molecule has 1 aromatic carbocycles. The standard InChI is InChI=1S/C25H28F2N2O4/c1-15-18(4-5-21(28-15)23(30)32-3)17-12-19(26)22(20(27)13-17)33-14-16-6-10-29(11-7-16)24(31)25(2)8-9-25/h4-5,12-13,16H,6-11,14H2,1-3H3. The summed E-state index contributed by atoms with van der Waals surface area (Å²) in [5.74, 6) is -2.22. The Kier molecular flexibility index (Phi) is 6.36. The van der Waals surface area contributed by atoms with Crippen molar-refractivity contribution in [2.24, 2.45) is 11.3 Å². The van der Waals surface area contributed by atoms with Crippen molar-refractivity contribution in [3.05, 3.63) is 47.3 Å². The van der Waals surface area contributed by atoms with Crippen LogP contribution in [-0.2, 0) is 9.53 Å². The van der Waals surface area contributed by atoms with Crippen LogP contribution in [0.15, 0.2) is 24.3 Å². The molecule has 2 fully saturated rings. The van der Waals surface area contributed by atoms with Gasteiger partial charge in [0.1, 0.15) is 5.69 Å². The number of benzene rings is 1. The maximum atomic E-state index is 14.7. The second-order valence-electron chi connectivity index (χ2n) is 9.20. The minimum Gasteiger partial charge on any atom is -0.487 e. The number of ether oxygens (including phenoxy) is 2. The Hall–Kier alpha value is -3.03. The van der Waals surface area contributed by atoms with Gasteiger partial charge in [-0.1, -0.05) is 13.0 Å². The molecule has 1 aromatic heterocycles. The normalized spacial score (nSPS) is 17.5. The predicted octanol–water partition coefficient (Wildman–Crippen LogP) is 4.54. The second kappa shape index (κ2) is 9.08. The molecule has 8 heteroatoms. The molecule has 1 aliphatic carbocycles. The Morgan fingerprint density at radius 1 is 1.15 bits per heavy atom. The fourth-order valence-electron chi connectivity index (χ4n) is 4.22. The number of halogens is 2. The van der Waals surface area contributed by atoms with Gasteiger partial charge >= 0.3 is 5.97 Å². The zero-order valence-electron chi connectivity index (χ0n) is 19.1. The van der Waals surface area contributed by atoms with E-state index in [0.717, 1.165) is 25.7 Å². The summed E-state index contributed by atoms with van der Waals surface area (Å²) >= 11 is 0. The highest BCUT2D eigenvalue weighted by Gasteiger charge is 2.47. The van der Waals surface area contributed by atoms with Gasteiger partial charge in [-0.25, -0.2) is 18.6 Å². The first-order chi connectivity index (χ1) is 15.7. The molecule has 1 aliphatic heterocycles. The number of pyridine rings is 1. The second-order valence-corrected chi connectivity index (χ2v) is 9.20. The quantitative estimate of drug-likeness (QED) is 0.595. The summed E-state index contributed by atoms with van der Waals surface area (Å²) in [7, 11) is 1.26. The lowest BCUT2D eigenvalue weighted by molar-refractivity contribution is -0.137. The molecule has 1 saturated heterocycles. The molecule has 0 atom stereocenters. The fourth-order valence-corrected chi connectivity index (χ4v) is 4.22. The molecule has 0 unspecified atom stereocenters. The van der Waals surface area contributed by atoms with Gasteiger partial charge in [0.15, 0.2) is 17.4 Å². The van der Waals surface area contributed by atoms with E-state index >= 15 is 0 Å². The van der Waals surface area contributed by atoms with Crippen LogP contribution in [0.5, 0.6) is 5.75 Å². The molecule has 0 N–H and O–H groups in total. The first-order valence-corrected chi connectivity index (χ1v) is 11.2. The van der Waals surface area contributed by atoms with Gasteiger partial charge in [-0.3, -0.25) is 4.79 Å². The number of piperidine rings is 1. The number of methoxy groups -OCH3 is 1. The zero-order valence-corrected chi connectivity index (χ0v) is 19.1. The molecule has 2 aliphatic rings. The molecule has 33 heavy (non-hydrogen) atoms. The van der Waals surface area contributed by atoms with Crippen LogP contribution in [-0.4, -0.2) is 48.6 Å². The van der Waals surface area contributed by atoms with Gasteiger partial charge in [0.05, 0.1) is 13.7 Å². The number of rotatable bonds is 6. The number of carbonyl (C=O) groups is 2. The van der Waals surface area contributed by atoms with Crippen LogP contribution in [0.3, 0.4) is 0 Å². The molecule has 2 aromatic rings. The van der Waals surface area contributed by atoms with Gasteiger partial charge in [0, 0.05) is 29.8 Å². The molecule has 1 saturated carbocycles. The van der Waals surface area contributed by atoms with Crippen molar-refractivity contribution in [3.63, 3.8) is 0 Å². The van der Waals surface area contributed by atoms with Gasteiger partial charge in [-0.2, -0.15) is 0 Å². The number of esters is 1. The van der Waals surface area contributed by atoms with E-state index in [9.17, 15) is 18.4 Å². The third kappa shape index (κ3) is 4.84. The summed E-state index contributed by atoms with van der Waals surface area (Å²) in [6.07, 6.45) is 3.41. The Balaban J connectivity index is 1.39. The average Bonchev–Trinajstić information content (AvgIpc) is 3.56. The van der Waals surface area contributed by atoms with Gasteiger partial charge in [-0.15, -0.1) is 0 Å². The highest BCUT2D eigenvalue weighted by atomic mass is 19.1. The van der Waals surface area contributed by atoms with Crippen molar-refractivity contribution in [1.82, 2.24) is 9.88 Å². The van der Waals surface area contributed by atoms with Crippen molar-refractivity contribution < 1.29 is 27.8 Å².